The van der Waals surface area contributed by atoms with Crippen LogP contribution in [0.2, 0.25) is 0 Å². The summed E-state index contributed by atoms with van der Waals surface area (Å²) < 4.78 is 0. The fraction of sp³-hybridized carbons (Fsp3) is 0.562. The second kappa shape index (κ2) is 5.93. The fourth-order valence-corrected chi connectivity index (χ4v) is 3.12. The zero-order chi connectivity index (χ0) is 14.8. The molecule has 0 atom stereocenters. The van der Waals surface area contributed by atoms with Crippen molar-refractivity contribution in [3.63, 3.8) is 0 Å². The van der Waals surface area contributed by atoms with Gasteiger partial charge in [0.1, 0.15) is 0 Å². The molecule has 5 nitrogen and oxygen atoms in total. The molecule has 3 rings (SSSR count). The highest BCUT2D eigenvalue weighted by atomic mass is 16.2. The minimum atomic E-state index is 0.125. The van der Waals surface area contributed by atoms with Gasteiger partial charge in [0.15, 0.2) is 0 Å². The third-order valence-electron chi connectivity index (χ3n) is 4.58. The molecule has 21 heavy (non-hydrogen) atoms. The first-order chi connectivity index (χ1) is 10.1. The van der Waals surface area contributed by atoms with Crippen molar-refractivity contribution < 1.29 is 4.79 Å². The molecule has 2 aliphatic heterocycles. The van der Waals surface area contributed by atoms with E-state index < -0.39 is 0 Å². The van der Waals surface area contributed by atoms with Crippen LogP contribution in [0.3, 0.4) is 0 Å². The van der Waals surface area contributed by atoms with Crippen LogP contribution in [-0.2, 0) is 0 Å². The molecule has 0 bridgehead atoms. The van der Waals surface area contributed by atoms with Crippen molar-refractivity contribution >= 4 is 17.3 Å². The van der Waals surface area contributed by atoms with E-state index in [-0.39, 0.29) is 5.91 Å². The Labute approximate surface area is 126 Å². The van der Waals surface area contributed by atoms with Gasteiger partial charge in [-0.2, -0.15) is 0 Å². The molecule has 0 radical (unpaired) electrons. The first-order valence-electron chi connectivity index (χ1n) is 7.72. The van der Waals surface area contributed by atoms with Gasteiger partial charge in [-0.05, 0) is 51.2 Å². The van der Waals surface area contributed by atoms with Crippen LogP contribution in [0.1, 0.15) is 23.2 Å². The molecule has 1 aromatic carbocycles. The number of benzene rings is 1. The van der Waals surface area contributed by atoms with Crippen LogP contribution in [0.15, 0.2) is 18.2 Å². The lowest BCUT2D eigenvalue weighted by Gasteiger charge is -2.35. The lowest BCUT2D eigenvalue weighted by atomic mass is 10.0. The number of likely N-dealkylation sites (tertiary alicyclic amines) is 1. The predicted octanol–water partition coefficient (Wildman–Crippen LogP) is 1.69. The summed E-state index contributed by atoms with van der Waals surface area (Å²) in [6.45, 7) is 3.96. The molecule has 1 fully saturated rings. The van der Waals surface area contributed by atoms with Crippen molar-refractivity contribution in [2.75, 3.05) is 50.9 Å². The lowest BCUT2D eigenvalue weighted by Crippen LogP contribution is -2.44. The molecule has 0 saturated carbocycles. The molecule has 2 aliphatic rings. The smallest absolute Gasteiger partial charge is 0.253 e. The monoisotopic (exact) mass is 288 g/mol. The van der Waals surface area contributed by atoms with E-state index in [0.717, 1.165) is 56.0 Å². The molecule has 114 valence electrons. The number of hydrogen-bond donors (Lipinski definition) is 2. The Balaban J connectivity index is 1.72. The van der Waals surface area contributed by atoms with Gasteiger partial charge in [0, 0.05) is 31.7 Å². The van der Waals surface area contributed by atoms with E-state index in [0.29, 0.717) is 6.04 Å². The highest BCUT2D eigenvalue weighted by molar-refractivity contribution is 5.96. The summed E-state index contributed by atoms with van der Waals surface area (Å²) in [5.74, 6) is 0.125. The summed E-state index contributed by atoms with van der Waals surface area (Å²) in [5, 5.41) is 6.68. The minimum absolute atomic E-state index is 0.125. The van der Waals surface area contributed by atoms with Crippen molar-refractivity contribution in [3.8, 4) is 0 Å². The molecule has 2 N–H and O–H groups in total. The molecule has 1 aromatic rings. The predicted molar refractivity (Wildman–Crippen MR) is 86.0 cm³/mol. The third-order valence-corrected chi connectivity index (χ3v) is 4.58. The molecule has 0 spiro atoms. The third kappa shape index (κ3) is 2.97. The number of fused-ring (bicyclic) bond motifs is 1. The highest BCUT2D eigenvalue weighted by Gasteiger charge is 2.25. The number of nitrogens with one attached hydrogen (secondary N) is 2. The molecular formula is C16H24N4O. The van der Waals surface area contributed by atoms with Gasteiger partial charge < -0.3 is 20.4 Å². The van der Waals surface area contributed by atoms with Gasteiger partial charge in [-0.15, -0.1) is 0 Å². The number of amides is 1. The minimum Gasteiger partial charge on any atom is -0.382 e. The first kappa shape index (κ1) is 14.2. The summed E-state index contributed by atoms with van der Waals surface area (Å²) in [6.07, 6.45) is 2.12. The topological polar surface area (TPSA) is 47.6 Å². The molecular weight excluding hydrogens is 264 g/mol. The Morgan fingerprint density at radius 3 is 2.57 bits per heavy atom. The quantitative estimate of drug-likeness (QED) is 0.869. The maximum absolute atomic E-state index is 12.7. The van der Waals surface area contributed by atoms with E-state index in [1.165, 1.54) is 0 Å². The Morgan fingerprint density at radius 1 is 1.19 bits per heavy atom. The highest BCUT2D eigenvalue weighted by Crippen LogP contribution is 2.26. The Morgan fingerprint density at radius 2 is 1.86 bits per heavy atom. The zero-order valence-corrected chi connectivity index (χ0v) is 12.9. The normalized spacial score (nSPS) is 19.3. The van der Waals surface area contributed by atoms with Crippen molar-refractivity contribution in [2.45, 2.75) is 18.9 Å². The summed E-state index contributed by atoms with van der Waals surface area (Å²) >= 11 is 0. The molecule has 1 saturated heterocycles. The molecule has 0 unspecified atom stereocenters. The average molecular weight is 288 g/mol. The Kier molecular flexibility index (Phi) is 4.01. The van der Waals surface area contributed by atoms with Crippen molar-refractivity contribution in [3.05, 3.63) is 23.8 Å². The molecule has 0 aromatic heterocycles. The summed E-state index contributed by atoms with van der Waals surface area (Å²) in [6, 6.07) is 6.25. The van der Waals surface area contributed by atoms with Gasteiger partial charge in [-0.3, -0.25) is 4.79 Å². The Hall–Kier alpha value is -1.75. The maximum atomic E-state index is 12.7. The van der Waals surface area contributed by atoms with Gasteiger partial charge >= 0.3 is 0 Å². The number of piperidine rings is 1. The summed E-state index contributed by atoms with van der Waals surface area (Å²) in [7, 11) is 4.07. The standard InChI is InChI=1S/C16H24N4O/c1-19-9-5-13(6-10-19)20(2)16(21)12-3-4-14-15(11-12)18-8-7-17-14/h3-4,11,13,17-18H,5-10H2,1-2H3. The van der Waals surface area contributed by atoms with Gasteiger partial charge in [-0.25, -0.2) is 0 Å². The fourth-order valence-electron chi connectivity index (χ4n) is 3.12. The van der Waals surface area contributed by atoms with Crippen molar-refractivity contribution in [1.29, 1.82) is 0 Å². The van der Waals surface area contributed by atoms with E-state index >= 15 is 0 Å². The van der Waals surface area contributed by atoms with Gasteiger partial charge in [0.25, 0.3) is 5.91 Å². The SMILES string of the molecule is CN1CCC(N(C)C(=O)c2ccc3c(c2)NCCN3)CC1. The van der Waals surface area contributed by atoms with Crippen LogP contribution < -0.4 is 10.6 Å². The van der Waals surface area contributed by atoms with Crippen molar-refractivity contribution in [2.24, 2.45) is 0 Å². The number of nitrogens with zero attached hydrogens (tertiary/aromatic N) is 2. The van der Waals surface area contributed by atoms with E-state index in [1.54, 1.807) is 0 Å². The van der Waals surface area contributed by atoms with E-state index in [1.807, 2.05) is 30.1 Å². The van der Waals surface area contributed by atoms with Crippen LogP contribution >= 0.6 is 0 Å². The molecule has 0 aliphatic carbocycles. The largest absolute Gasteiger partial charge is 0.382 e. The molecule has 1 amide bonds. The maximum Gasteiger partial charge on any atom is 0.253 e. The van der Waals surface area contributed by atoms with Crippen LogP contribution in [-0.4, -0.2) is 62.0 Å². The van der Waals surface area contributed by atoms with E-state index in [2.05, 4.69) is 22.6 Å². The van der Waals surface area contributed by atoms with Crippen LogP contribution in [0.25, 0.3) is 0 Å². The second-order valence-corrected chi connectivity index (χ2v) is 6.06. The van der Waals surface area contributed by atoms with Crippen molar-refractivity contribution in [1.82, 2.24) is 9.80 Å². The molecule has 2 heterocycles. The van der Waals surface area contributed by atoms with Gasteiger partial charge in [-0.1, -0.05) is 0 Å². The number of hydrogen-bond acceptors (Lipinski definition) is 4. The van der Waals surface area contributed by atoms with Crippen LogP contribution in [0.5, 0.6) is 0 Å². The average Bonchev–Trinajstić information content (AvgIpc) is 2.54. The first-order valence-corrected chi connectivity index (χ1v) is 7.72. The number of carbonyl (C=O) groups is 1. The van der Waals surface area contributed by atoms with Gasteiger partial charge in [0.05, 0.1) is 11.4 Å². The number of carbonyl (C=O) groups excluding carboxylic acids is 1. The van der Waals surface area contributed by atoms with E-state index in [9.17, 15) is 4.79 Å². The number of anilines is 2. The summed E-state index contributed by atoms with van der Waals surface area (Å²) in [5.41, 5.74) is 2.88. The Bertz CT molecular complexity index is 523. The van der Waals surface area contributed by atoms with Gasteiger partial charge in [0.2, 0.25) is 0 Å². The molecule has 5 heteroatoms. The lowest BCUT2D eigenvalue weighted by molar-refractivity contribution is 0.0659. The zero-order valence-electron chi connectivity index (χ0n) is 12.9. The van der Waals surface area contributed by atoms with Crippen LogP contribution in [0, 0.1) is 0 Å². The number of rotatable bonds is 2. The second-order valence-electron chi connectivity index (χ2n) is 6.06. The summed E-state index contributed by atoms with van der Waals surface area (Å²) in [4.78, 5) is 16.9. The van der Waals surface area contributed by atoms with E-state index in [4.69, 9.17) is 0 Å². The van der Waals surface area contributed by atoms with Crippen LogP contribution in [0.4, 0.5) is 11.4 Å².